The van der Waals surface area contributed by atoms with Crippen molar-refractivity contribution < 1.29 is 51.6 Å². The summed E-state index contributed by atoms with van der Waals surface area (Å²) in [6.07, 6.45) is 3.68. The van der Waals surface area contributed by atoms with Crippen LogP contribution in [-0.2, 0) is 58.0 Å². The molecule has 16 heteroatoms. The van der Waals surface area contributed by atoms with Crippen LogP contribution in [0.5, 0.6) is 0 Å². The topological polar surface area (TPSA) is 200 Å². The molecular formula is C31H49N4O11P. The monoisotopic (exact) mass is 684 g/mol. The van der Waals surface area contributed by atoms with Gasteiger partial charge in [-0.05, 0) is 38.2 Å². The van der Waals surface area contributed by atoms with Crippen LogP contribution < -0.4 is 21.3 Å². The molecule has 1 heterocycles. The van der Waals surface area contributed by atoms with Gasteiger partial charge in [-0.3, -0.25) is 37.5 Å². The van der Waals surface area contributed by atoms with Gasteiger partial charge in [0.2, 0.25) is 23.6 Å². The van der Waals surface area contributed by atoms with E-state index in [0.717, 1.165) is 18.4 Å². The van der Waals surface area contributed by atoms with Crippen LogP contribution in [0, 0.1) is 0 Å². The highest BCUT2D eigenvalue weighted by molar-refractivity contribution is 7.48. The maximum absolute atomic E-state index is 13.0. The number of carbonyl (C=O) groups is 5. The number of Topliss-reactive ketones (excluding diaryl/α,β-unsaturated/α-hetero) is 1. The fourth-order valence-electron chi connectivity index (χ4n) is 3.96. The van der Waals surface area contributed by atoms with Crippen molar-refractivity contribution in [3.63, 3.8) is 0 Å². The lowest BCUT2D eigenvalue weighted by molar-refractivity contribution is -0.133. The predicted octanol–water partition coefficient (Wildman–Crippen LogP) is 1.93. The highest BCUT2D eigenvalue weighted by Gasteiger charge is 2.46. The number of ketones is 1. The maximum atomic E-state index is 13.0. The fourth-order valence-corrected chi connectivity index (χ4v) is 5.09. The van der Waals surface area contributed by atoms with Crippen LogP contribution in [0.2, 0.25) is 0 Å². The van der Waals surface area contributed by atoms with E-state index in [0.29, 0.717) is 25.7 Å². The van der Waals surface area contributed by atoms with Crippen LogP contribution in [0.15, 0.2) is 30.3 Å². The van der Waals surface area contributed by atoms with Crippen molar-refractivity contribution in [3.8, 4) is 0 Å². The smallest absolute Gasteiger partial charge is 0.362 e. The standard InChI is InChI=1S/C31H49N4O11P/c1-5-7-16-44-47(41,45-17-8-6-2)46-22-42-20-26(30(40)32-18-27(37)31(4)21-43-31)35-28(38)19-33-29(39)25(34-23(3)36)15-14-24-12-10-9-11-13-24/h9-13,25-26H,5-8,14-22H2,1-4H3,(H,32,40)(H,33,39)(H,34,36)(H,35,38)/t25-,26-,31+/m0/s1. The van der Waals surface area contributed by atoms with Crippen molar-refractivity contribution >= 4 is 37.2 Å². The minimum Gasteiger partial charge on any atom is -0.362 e. The van der Waals surface area contributed by atoms with Gasteiger partial charge < -0.3 is 30.7 Å². The van der Waals surface area contributed by atoms with Crippen LogP contribution in [0.4, 0.5) is 0 Å². The Bertz CT molecular complexity index is 1200. The molecule has 0 unspecified atom stereocenters. The van der Waals surface area contributed by atoms with Crippen molar-refractivity contribution in [2.75, 3.05) is 46.3 Å². The Morgan fingerprint density at radius 1 is 0.894 bits per heavy atom. The first-order chi connectivity index (χ1) is 22.4. The van der Waals surface area contributed by atoms with Gasteiger partial charge in [-0.1, -0.05) is 57.0 Å². The van der Waals surface area contributed by atoms with Gasteiger partial charge in [0.25, 0.3) is 0 Å². The van der Waals surface area contributed by atoms with E-state index in [9.17, 15) is 28.5 Å². The molecule has 1 aromatic rings. The number of amides is 4. The summed E-state index contributed by atoms with van der Waals surface area (Å²) in [6.45, 7) is 5.43. The number of carbonyl (C=O) groups excluding carboxylic acids is 5. The van der Waals surface area contributed by atoms with Crippen LogP contribution in [-0.4, -0.2) is 93.4 Å². The molecule has 0 bridgehead atoms. The second kappa shape index (κ2) is 20.9. The molecule has 0 saturated carbocycles. The molecule has 47 heavy (non-hydrogen) atoms. The lowest BCUT2D eigenvalue weighted by Crippen LogP contribution is -2.54. The van der Waals surface area contributed by atoms with E-state index in [1.165, 1.54) is 6.92 Å². The summed E-state index contributed by atoms with van der Waals surface area (Å²) < 4.78 is 39.5. The third-order valence-electron chi connectivity index (χ3n) is 7.00. The molecule has 15 nitrogen and oxygen atoms in total. The molecule has 1 saturated heterocycles. The van der Waals surface area contributed by atoms with Crippen LogP contribution in [0.25, 0.3) is 0 Å². The molecule has 4 amide bonds. The summed E-state index contributed by atoms with van der Waals surface area (Å²) in [5, 5.41) is 9.98. The number of hydrogen-bond acceptors (Lipinski definition) is 11. The van der Waals surface area contributed by atoms with Crippen molar-refractivity contribution in [1.82, 2.24) is 21.3 Å². The minimum atomic E-state index is -3.94. The SMILES string of the molecule is CCCCOP(=O)(OCCCC)OCOC[C@H](NC(=O)CNC(=O)[C@H](CCc1ccccc1)NC(C)=O)C(=O)NCC(=O)[C@@]1(C)CO1. The van der Waals surface area contributed by atoms with Gasteiger partial charge in [-0.15, -0.1) is 0 Å². The normalized spacial score (nSPS) is 16.9. The molecule has 1 aromatic carbocycles. The number of ether oxygens (including phenoxy) is 2. The number of epoxide rings is 1. The molecule has 0 spiro atoms. The number of nitrogens with one attached hydrogen (secondary N) is 4. The Morgan fingerprint density at radius 2 is 1.49 bits per heavy atom. The molecule has 0 aliphatic carbocycles. The Morgan fingerprint density at radius 3 is 2.06 bits per heavy atom. The number of aryl methyl sites for hydroxylation is 1. The zero-order valence-corrected chi connectivity index (χ0v) is 28.6. The van der Waals surface area contributed by atoms with E-state index in [1.807, 2.05) is 44.2 Å². The number of phosphoric acid groups is 1. The number of hydrogen-bond donors (Lipinski definition) is 4. The zero-order chi connectivity index (χ0) is 34.7. The summed E-state index contributed by atoms with van der Waals surface area (Å²) >= 11 is 0. The summed E-state index contributed by atoms with van der Waals surface area (Å²) in [5.41, 5.74) is 0.0193. The Kier molecular flexibility index (Phi) is 17.8. The summed E-state index contributed by atoms with van der Waals surface area (Å²) in [4.78, 5) is 62.7. The first-order valence-corrected chi connectivity index (χ1v) is 17.3. The first-order valence-electron chi connectivity index (χ1n) is 15.9. The van der Waals surface area contributed by atoms with Crippen molar-refractivity contribution in [2.24, 2.45) is 0 Å². The molecule has 1 aliphatic rings. The number of phosphoric ester groups is 1. The molecular weight excluding hydrogens is 635 g/mol. The van der Waals surface area contributed by atoms with Crippen molar-refractivity contribution in [3.05, 3.63) is 35.9 Å². The highest BCUT2D eigenvalue weighted by Crippen LogP contribution is 2.49. The molecule has 1 fully saturated rings. The number of rotatable bonds is 25. The second-order valence-corrected chi connectivity index (χ2v) is 12.9. The predicted molar refractivity (Wildman–Crippen MR) is 171 cm³/mol. The molecule has 0 radical (unpaired) electrons. The fraction of sp³-hybridized carbons (Fsp3) is 0.645. The van der Waals surface area contributed by atoms with Crippen LogP contribution in [0.3, 0.4) is 0 Å². The highest BCUT2D eigenvalue weighted by atomic mass is 31.2. The van der Waals surface area contributed by atoms with Gasteiger partial charge in [0.05, 0.1) is 39.5 Å². The minimum absolute atomic E-state index is 0.151. The van der Waals surface area contributed by atoms with Gasteiger partial charge in [-0.2, -0.15) is 0 Å². The van der Waals surface area contributed by atoms with Crippen LogP contribution in [0.1, 0.15) is 65.4 Å². The van der Waals surface area contributed by atoms with Gasteiger partial charge in [0, 0.05) is 6.92 Å². The van der Waals surface area contributed by atoms with E-state index in [1.54, 1.807) is 6.92 Å². The van der Waals surface area contributed by atoms with E-state index in [2.05, 4.69) is 21.3 Å². The third-order valence-corrected chi connectivity index (χ3v) is 8.42. The summed E-state index contributed by atoms with van der Waals surface area (Å²) in [5.74, 6) is -2.82. The second-order valence-electron chi connectivity index (χ2n) is 11.2. The van der Waals surface area contributed by atoms with Crippen LogP contribution >= 0.6 is 7.82 Å². The quantitative estimate of drug-likeness (QED) is 0.0508. The average molecular weight is 685 g/mol. The van der Waals surface area contributed by atoms with Crippen molar-refractivity contribution in [1.29, 1.82) is 0 Å². The maximum Gasteiger partial charge on any atom is 0.476 e. The number of unbranched alkanes of at least 4 members (excludes halogenated alkanes) is 2. The molecule has 264 valence electrons. The van der Waals surface area contributed by atoms with E-state index in [4.69, 9.17) is 23.0 Å². The summed E-state index contributed by atoms with van der Waals surface area (Å²) in [7, 11) is -3.94. The first kappa shape index (κ1) is 40.0. The lowest BCUT2D eigenvalue weighted by Gasteiger charge is -2.21. The van der Waals surface area contributed by atoms with Gasteiger partial charge in [-0.25, -0.2) is 4.57 Å². The van der Waals surface area contributed by atoms with Gasteiger partial charge in [0.15, 0.2) is 12.6 Å². The van der Waals surface area contributed by atoms with Crippen molar-refractivity contribution in [2.45, 2.75) is 83.9 Å². The molecule has 0 aromatic heterocycles. The zero-order valence-electron chi connectivity index (χ0n) is 27.7. The largest absolute Gasteiger partial charge is 0.476 e. The molecule has 4 N–H and O–H groups in total. The number of benzene rings is 1. The van der Waals surface area contributed by atoms with Gasteiger partial charge >= 0.3 is 7.82 Å². The summed E-state index contributed by atoms with van der Waals surface area (Å²) in [6, 6.07) is 7.19. The lowest BCUT2D eigenvalue weighted by atomic mass is 10.0. The molecule has 2 rings (SSSR count). The Hall–Kier alpha value is -3.20. The third kappa shape index (κ3) is 16.0. The van der Waals surface area contributed by atoms with E-state index >= 15 is 0 Å². The average Bonchev–Trinajstić information content (AvgIpc) is 3.80. The molecule has 3 atom stereocenters. The molecule has 1 aliphatic heterocycles. The van der Waals surface area contributed by atoms with E-state index in [-0.39, 0.29) is 32.1 Å². The Balaban J connectivity index is 1.97. The Labute approximate surface area is 276 Å². The van der Waals surface area contributed by atoms with E-state index < -0.39 is 69.1 Å². The van der Waals surface area contributed by atoms with Gasteiger partial charge in [0.1, 0.15) is 17.7 Å².